The minimum absolute atomic E-state index is 0.203. The van der Waals surface area contributed by atoms with Crippen molar-refractivity contribution in [2.24, 2.45) is 0 Å². The first-order valence-electron chi connectivity index (χ1n) is 11.1. The van der Waals surface area contributed by atoms with Crippen molar-refractivity contribution in [2.75, 3.05) is 49.6 Å². The first-order chi connectivity index (χ1) is 15.1. The molecule has 2 N–H and O–H groups in total. The first kappa shape index (κ1) is 20.2. The zero-order valence-electron chi connectivity index (χ0n) is 18.1. The molecule has 3 fully saturated rings. The molecule has 3 aliphatic heterocycles. The molecule has 166 valence electrons. The third-order valence-electron chi connectivity index (χ3n) is 6.50. The molecule has 0 aromatic carbocycles. The Kier molecular flexibility index (Phi) is 5.49. The molecule has 3 aliphatic rings. The standard InChI is InChI=1S/C21H30N8O2/c1-14-11-27(2)7-8-29(14)19-9-20(28-12-15-3-4-16(13-28)31-15)26-25-18(19)10-22-21(30)17-5-6-23-24-17/h5-6,9,14-16H,3-4,7-8,10-13H2,1-2H3,(H,22,30)(H,23,24). The summed E-state index contributed by atoms with van der Waals surface area (Å²) in [4.78, 5) is 19.4. The van der Waals surface area contributed by atoms with E-state index in [1.54, 1.807) is 12.3 Å². The maximum Gasteiger partial charge on any atom is 0.269 e. The third-order valence-corrected chi connectivity index (χ3v) is 6.50. The molecule has 0 aliphatic carbocycles. The van der Waals surface area contributed by atoms with Crippen molar-refractivity contribution in [3.63, 3.8) is 0 Å². The number of fused-ring (bicyclic) bond motifs is 2. The molecule has 2 aromatic rings. The summed E-state index contributed by atoms with van der Waals surface area (Å²) in [6.07, 6.45) is 4.39. The Morgan fingerprint density at radius 2 is 2.03 bits per heavy atom. The maximum absolute atomic E-state index is 12.4. The number of nitrogens with zero attached hydrogens (tertiary/aromatic N) is 6. The van der Waals surface area contributed by atoms with Crippen molar-refractivity contribution >= 4 is 17.4 Å². The lowest BCUT2D eigenvalue weighted by molar-refractivity contribution is 0.0301. The molecule has 10 nitrogen and oxygen atoms in total. The van der Waals surface area contributed by atoms with Gasteiger partial charge in [0, 0.05) is 51.0 Å². The highest BCUT2D eigenvalue weighted by atomic mass is 16.5. The monoisotopic (exact) mass is 426 g/mol. The van der Waals surface area contributed by atoms with Crippen molar-refractivity contribution in [3.05, 3.63) is 29.7 Å². The number of likely N-dealkylation sites (N-methyl/N-ethyl adjacent to an activating group) is 1. The minimum atomic E-state index is -0.203. The normalized spacial score (nSPS) is 26.3. The number of aromatic amines is 1. The second-order valence-corrected chi connectivity index (χ2v) is 8.85. The highest BCUT2D eigenvalue weighted by Gasteiger charge is 2.35. The van der Waals surface area contributed by atoms with Gasteiger partial charge in [-0.15, -0.1) is 10.2 Å². The molecule has 0 spiro atoms. The lowest BCUT2D eigenvalue weighted by atomic mass is 10.1. The second kappa shape index (κ2) is 8.43. The quantitative estimate of drug-likeness (QED) is 0.718. The van der Waals surface area contributed by atoms with E-state index in [1.165, 1.54) is 0 Å². The van der Waals surface area contributed by atoms with Crippen LogP contribution in [0, 0.1) is 0 Å². The summed E-state index contributed by atoms with van der Waals surface area (Å²) < 4.78 is 5.99. The Bertz CT molecular complexity index is 908. The lowest BCUT2D eigenvalue weighted by Gasteiger charge is -2.41. The van der Waals surface area contributed by atoms with Gasteiger partial charge < -0.3 is 24.8 Å². The predicted octanol–water partition coefficient (Wildman–Crippen LogP) is 0.638. The van der Waals surface area contributed by atoms with Crippen LogP contribution in [-0.2, 0) is 11.3 Å². The van der Waals surface area contributed by atoms with Crippen LogP contribution >= 0.6 is 0 Å². The number of nitrogens with one attached hydrogen (secondary N) is 2. The zero-order valence-corrected chi connectivity index (χ0v) is 18.1. The largest absolute Gasteiger partial charge is 0.371 e. The van der Waals surface area contributed by atoms with Gasteiger partial charge in [0.1, 0.15) is 11.4 Å². The average Bonchev–Trinajstić information content (AvgIpc) is 3.42. The summed E-state index contributed by atoms with van der Waals surface area (Å²) in [5, 5.41) is 18.6. The van der Waals surface area contributed by atoms with Gasteiger partial charge in [0.2, 0.25) is 0 Å². The van der Waals surface area contributed by atoms with Gasteiger partial charge in [0.25, 0.3) is 5.91 Å². The summed E-state index contributed by atoms with van der Waals surface area (Å²) in [5.74, 6) is 0.690. The Hall–Kier alpha value is -2.72. The molecule has 5 rings (SSSR count). The Morgan fingerprint density at radius 1 is 1.23 bits per heavy atom. The number of anilines is 2. The van der Waals surface area contributed by atoms with E-state index in [0.29, 0.717) is 30.5 Å². The van der Waals surface area contributed by atoms with Gasteiger partial charge in [0.05, 0.1) is 24.4 Å². The van der Waals surface area contributed by atoms with Crippen LogP contribution in [0.4, 0.5) is 11.5 Å². The fourth-order valence-electron chi connectivity index (χ4n) is 4.87. The molecular weight excluding hydrogens is 396 g/mol. The van der Waals surface area contributed by atoms with Gasteiger partial charge in [-0.3, -0.25) is 9.89 Å². The molecule has 0 radical (unpaired) electrons. The molecule has 5 heterocycles. The van der Waals surface area contributed by atoms with E-state index in [9.17, 15) is 4.79 Å². The zero-order chi connectivity index (χ0) is 21.4. The summed E-state index contributed by atoms with van der Waals surface area (Å²) in [5.41, 5.74) is 2.27. The Balaban J connectivity index is 1.40. The number of ether oxygens (including phenoxy) is 1. The van der Waals surface area contributed by atoms with Gasteiger partial charge in [0.15, 0.2) is 5.82 Å². The summed E-state index contributed by atoms with van der Waals surface area (Å²) in [6.45, 7) is 7.16. The number of hydrogen-bond donors (Lipinski definition) is 2. The van der Waals surface area contributed by atoms with E-state index >= 15 is 0 Å². The molecule has 3 saturated heterocycles. The number of carbonyl (C=O) groups is 1. The molecule has 0 saturated carbocycles. The molecule has 10 heteroatoms. The Labute approximate surface area is 181 Å². The van der Waals surface area contributed by atoms with Gasteiger partial charge >= 0.3 is 0 Å². The third kappa shape index (κ3) is 4.22. The van der Waals surface area contributed by atoms with Crippen LogP contribution < -0.4 is 15.1 Å². The number of amides is 1. The number of carbonyl (C=O) groups excluding carboxylic acids is 1. The number of aromatic nitrogens is 4. The molecule has 31 heavy (non-hydrogen) atoms. The van der Waals surface area contributed by atoms with Gasteiger partial charge in [-0.2, -0.15) is 5.10 Å². The van der Waals surface area contributed by atoms with Crippen molar-refractivity contribution in [2.45, 2.75) is 44.6 Å². The molecule has 3 unspecified atom stereocenters. The van der Waals surface area contributed by atoms with Crippen molar-refractivity contribution in [3.8, 4) is 0 Å². The van der Waals surface area contributed by atoms with E-state index in [1.807, 2.05) is 0 Å². The number of hydrogen-bond acceptors (Lipinski definition) is 8. The highest BCUT2D eigenvalue weighted by Crippen LogP contribution is 2.32. The van der Waals surface area contributed by atoms with Crippen molar-refractivity contribution in [1.82, 2.24) is 30.6 Å². The maximum atomic E-state index is 12.4. The lowest BCUT2D eigenvalue weighted by Crippen LogP contribution is -2.51. The van der Waals surface area contributed by atoms with Gasteiger partial charge in [-0.05, 0) is 32.9 Å². The van der Waals surface area contributed by atoms with E-state index in [2.05, 4.69) is 60.4 Å². The van der Waals surface area contributed by atoms with Crippen molar-refractivity contribution in [1.29, 1.82) is 0 Å². The van der Waals surface area contributed by atoms with Crippen LogP contribution in [0.3, 0.4) is 0 Å². The summed E-state index contributed by atoms with van der Waals surface area (Å²) in [6, 6.07) is 4.15. The molecule has 1 amide bonds. The van der Waals surface area contributed by atoms with E-state index in [0.717, 1.165) is 62.8 Å². The van der Waals surface area contributed by atoms with E-state index in [4.69, 9.17) is 4.74 Å². The van der Waals surface area contributed by atoms with Crippen LogP contribution in [0.15, 0.2) is 18.3 Å². The van der Waals surface area contributed by atoms with Gasteiger partial charge in [-0.1, -0.05) is 0 Å². The SMILES string of the molecule is CC1CN(C)CCN1c1cc(N2CC3CCC(C2)O3)nnc1CNC(=O)c1ccn[nH]1. The molecule has 2 bridgehead atoms. The van der Waals surface area contributed by atoms with Crippen LogP contribution in [-0.4, -0.2) is 89.2 Å². The second-order valence-electron chi connectivity index (χ2n) is 8.85. The molecule has 3 atom stereocenters. The Morgan fingerprint density at radius 3 is 2.74 bits per heavy atom. The van der Waals surface area contributed by atoms with Crippen molar-refractivity contribution < 1.29 is 9.53 Å². The van der Waals surface area contributed by atoms with Crippen LogP contribution in [0.25, 0.3) is 0 Å². The number of piperazine rings is 1. The highest BCUT2D eigenvalue weighted by molar-refractivity contribution is 5.92. The van der Waals surface area contributed by atoms with Crippen LogP contribution in [0.5, 0.6) is 0 Å². The summed E-state index contributed by atoms with van der Waals surface area (Å²) in [7, 11) is 2.15. The number of rotatable bonds is 5. The van der Waals surface area contributed by atoms with E-state index in [-0.39, 0.29) is 5.91 Å². The average molecular weight is 427 g/mol. The van der Waals surface area contributed by atoms with Gasteiger partial charge in [-0.25, -0.2) is 0 Å². The summed E-state index contributed by atoms with van der Waals surface area (Å²) >= 11 is 0. The molecular formula is C21H30N8O2. The number of H-pyrrole nitrogens is 1. The minimum Gasteiger partial charge on any atom is -0.371 e. The topological polar surface area (TPSA) is 103 Å². The smallest absolute Gasteiger partial charge is 0.269 e. The van der Waals surface area contributed by atoms with E-state index < -0.39 is 0 Å². The fourth-order valence-corrected chi connectivity index (χ4v) is 4.87. The fraction of sp³-hybridized carbons (Fsp3) is 0.619. The molecule has 2 aromatic heterocycles. The van der Waals surface area contributed by atoms with Crippen LogP contribution in [0.1, 0.15) is 35.9 Å². The van der Waals surface area contributed by atoms with Crippen LogP contribution in [0.2, 0.25) is 0 Å². The predicted molar refractivity (Wildman–Crippen MR) is 116 cm³/mol. The number of morpholine rings is 1. The first-order valence-corrected chi connectivity index (χ1v) is 11.1.